The quantitative estimate of drug-likeness (QED) is 0.495. The van der Waals surface area contributed by atoms with Crippen LogP contribution in [0.25, 0.3) is 0 Å². The fourth-order valence-corrected chi connectivity index (χ4v) is 0.667. The summed E-state index contributed by atoms with van der Waals surface area (Å²) in [6.07, 6.45) is 1.73. The maximum Gasteiger partial charge on any atom is 0.336 e. The standard InChI is InChI=1S/C6H8O3/c1-8-4-5-2-3-9-6(5)7/h2H,3-4H2,1H3. The highest BCUT2D eigenvalue weighted by molar-refractivity contribution is 5.90. The molecule has 0 aromatic heterocycles. The molecule has 0 saturated heterocycles. The Kier molecular flexibility index (Phi) is 1.85. The number of methoxy groups -OCH3 is 1. The molecule has 0 aliphatic carbocycles. The Bertz CT molecular complexity index is 148. The second-order valence-electron chi connectivity index (χ2n) is 1.76. The molecule has 0 unspecified atom stereocenters. The Morgan fingerprint density at radius 1 is 1.89 bits per heavy atom. The predicted octanol–water partition coefficient (Wildman–Crippen LogP) is 0.116. The third-order valence-electron chi connectivity index (χ3n) is 1.11. The normalized spacial score (nSPS) is 17.4. The number of esters is 1. The molecule has 9 heavy (non-hydrogen) atoms. The van der Waals surface area contributed by atoms with Crippen molar-refractivity contribution < 1.29 is 14.3 Å². The molecule has 1 heterocycles. The van der Waals surface area contributed by atoms with Crippen LogP contribution in [0.2, 0.25) is 0 Å². The van der Waals surface area contributed by atoms with Crippen LogP contribution in [-0.4, -0.2) is 26.3 Å². The molecule has 0 aromatic rings. The van der Waals surface area contributed by atoms with Gasteiger partial charge in [0.1, 0.15) is 6.61 Å². The van der Waals surface area contributed by atoms with Crippen molar-refractivity contribution in [1.82, 2.24) is 0 Å². The minimum atomic E-state index is -0.253. The number of hydrogen-bond acceptors (Lipinski definition) is 3. The van der Waals surface area contributed by atoms with Crippen LogP contribution in [0.1, 0.15) is 0 Å². The predicted molar refractivity (Wildman–Crippen MR) is 30.9 cm³/mol. The lowest BCUT2D eigenvalue weighted by Gasteiger charge is -1.94. The van der Waals surface area contributed by atoms with Gasteiger partial charge in [-0.2, -0.15) is 0 Å². The third kappa shape index (κ3) is 1.29. The van der Waals surface area contributed by atoms with E-state index in [0.29, 0.717) is 18.8 Å². The van der Waals surface area contributed by atoms with E-state index in [9.17, 15) is 4.79 Å². The largest absolute Gasteiger partial charge is 0.458 e. The fraction of sp³-hybridized carbons (Fsp3) is 0.500. The summed E-state index contributed by atoms with van der Waals surface area (Å²) in [4.78, 5) is 10.6. The van der Waals surface area contributed by atoms with Gasteiger partial charge in [-0.25, -0.2) is 4.79 Å². The average Bonchev–Trinajstić information content (AvgIpc) is 2.18. The molecule has 0 amide bonds. The Labute approximate surface area is 53.3 Å². The summed E-state index contributed by atoms with van der Waals surface area (Å²) in [5.41, 5.74) is 0.623. The van der Waals surface area contributed by atoms with Crippen molar-refractivity contribution in [3.63, 3.8) is 0 Å². The van der Waals surface area contributed by atoms with Crippen LogP contribution in [-0.2, 0) is 14.3 Å². The zero-order valence-electron chi connectivity index (χ0n) is 5.22. The first-order valence-corrected chi connectivity index (χ1v) is 2.69. The van der Waals surface area contributed by atoms with Crippen LogP contribution in [0.4, 0.5) is 0 Å². The van der Waals surface area contributed by atoms with Crippen LogP contribution in [0.3, 0.4) is 0 Å². The maximum absolute atomic E-state index is 10.6. The van der Waals surface area contributed by atoms with Gasteiger partial charge in [0, 0.05) is 7.11 Å². The molecule has 0 saturated carbocycles. The molecular formula is C6H8O3. The van der Waals surface area contributed by atoms with Crippen molar-refractivity contribution >= 4 is 5.97 Å². The molecule has 3 heteroatoms. The van der Waals surface area contributed by atoms with Crippen molar-refractivity contribution in [3.05, 3.63) is 11.6 Å². The zero-order valence-corrected chi connectivity index (χ0v) is 5.22. The lowest BCUT2D eigenvalue weighted by molar-refractivity contribution is -0.136. The first-order chi connectivity index (χ1) is 4.34. The highest BCUT2D eigenvalue weighted by atomic mass is 16.5. The second-order valence-corrected chi connectivity index (χ2v) is 1.76. The molecule has 3 nitrogen and oxygen atoms in total. The van der Waals surface area contributed by atoms with Crippen molar-refractivity contribution in [2.75, 3.05) is 20.3 Å². The molecule has 0 radical (unpaired) electrons. The highest BCUT2D eigenvalue weighted by Crippen LogP contribution is 2.05. The van der Waals surface area contributed by atoms with E-state index < -0.39 is 0 Å². The Balaban J connectivity index is 2.47. The summed E-state index contributed by atoms with van der Waals surface area (Å²) >= 11 is 0. The van der Waals surface area contributed by atoms with E-state index in [0.717, 1.165) is 0 Å². The van der Waals surface area contributed by atoms with Crippen molar-refractivity contribution in [3.8, 4) is 0 Å². The first kappa shape index (κ1) is 6.29. The van der Waals surface area contributed by atoms with Gasteiger partial charge in [0.15, 0.2) is 0 Å². The molecule has 0 bridgehead atoms. The van der Waals surface area contributed by atoms with Crippen molar-refractivity contribution in [1.29, 1.82) is 0 Å². The number of carbonyl (C=O) groups excluding carboxylic acids is 1. The van der Waals surface area contributed by atoms with Gasteiger partial charge in [-0.05, 0) is 6.08 Å². The van der Waals surface area contributed by atoms with Gasteiger partial charge < -0.3 is 9.47 Å². The highest BCUT2D eigenvalue weighted by Gasteiger charge is 2.15. The monoisotopic (exact) mass is 128 g/mol. The maximum atomic E-state index is 10.6. The molecule has 0 spiro atoms. The molecular weight excluding hydrogens is 120 g/mol. The van der Waals surface area contributed by atoms with Crippen molar-refractivity contribution in [2.24, 2.45) is 0 Å². The molecule has 1 aliphatic heterocycles. The van der Waals surface area contributed by atoms with E-state index in [2.05, 4.69) is 4.74 Å². The van der Waals surface area contributed by atoms with Crippen molar-refractivity contribution in [2.45, 2.75) is 0 Å². The Morgan fingerprint density at radius 3 is 3.11 bits per heavy atom. The summed E-state index contributed by atoms with van der Waals surface area (Å²) in [6.45, 7) is 0.760. The minimum Gasteiger partial charge on any atom is -0.458 e. The van der Waals surface area contributed by atoms with Gasteiger partial charge in [0.2, 0.25) is 0 Å². The lowest BCUT2D eigenvalue weighted by atomic mass is 10.3. The van der Waals surface area contributed by atoms with Crippen LogP contribution < -0.4 is 0 Å². The number of carbonyl (C=O) groups is 1. The zero-order chi connectivity index (χ0) is 6.69. The van der Waals surface area contributed by atoms with Crippen LogP contribution in [0.5, 0.6) is 0 Å². The topological polar surface area (TPSA) is 35.5 Å². The molecule has 0 fully saturated rings. The summed E-state index contributed by atoms with van der Waals surface area (Å²) in [6, 6.07) is 0. The minimum absolute atomic E-state index is 0.253. The van der Waals surface area contributed by atoms with Gasteiger partial charge in [-0.15, -0.1) is 0 Å². The van der Waals surface area contributed by atoms with E-state index in [1.54, 1.807) is 13.2 Å². The lowest BCUT2D eigenvalue weighted by Crippen LogP contribution is -2.04. The number of rotatable bonds is 2. The number of hydrogen-bond donors (Lipinski definition) is 0. The van der Waals surface area contributed by atoms with Gasteiger partial charge in [-0.3, -0.25) is 0 Å². The Morgan fingerprint density at radius 2 is 2.67 bits per heavy atom. The molecule has 0 atom stereocenters. The molecule has 1 aliphatic rings. The fourth-order valence-electron chi connectivity index (χ4n) is 0.667. The number of ether oxygens (including phenoxy) is 2. The van der Waals surface area contributed by atoms with E-state index in [4.69, 9.17) is 4.74 Å². The van der Waals surface area contributed by atoms with E-state index in [1.165, 1.54) is 0 Å². The van der Waals surface area contributed by atoms with Gasteiger partial charge >= 0.3 is 5.97 Å². The molecule has 0 N–H and O–H groups in total. The van der Waals surface area contributed by atoms with Gasteiger partial charge in [0.05, 0.1) is 12.2 Å². The van der Waals surface area contributed by atoms with Crippen LogP contribution in [0, 0.1) is 0 Å². The third-order valence-corrected chi connectivity index (χ3v) is 1.11. The van der Waals surface area contributed by atoms with E-state index in [-0.39, 0.29) is 5.97 Å². The van der Waals surface area contributed by atoms with Crippen LogP contribution >= 0.6 is 0 Å². The second kappa shape index (κ2) is 2.64. The number of cyclic esters (lactones) is 1. The van der Waals surface area contributed by atoms with E-state index in [1.807, 2.05) is 0 Å². The SMILES string of the molecule is COCC1=CCOC1=O. The molecule has 0 aromatic carbocycles. The summed E-state index contributed by atoms with van der Waals surface area (Å²) in [5, 5.41) is 0. The summed E-state index contributed by atoms with van der Waals surface area (Å²) < 4.78 is 9.33. The average molecular weight is 128 g/mol. The summed E-state index contributed by atoms with van der Waals surface area (Å²) in [5.74, 6) is -0.253. The summed E-state index contributed by atoms with van der Waals surface area (Å²) in [7, 11) is 1.55. The smallest absolute Gasteiger partial charge is 0.336 e. The molecule has 50 valence electrons. The Hall–Kier alpha value is -0.830. The van der Waals surface area contributed by atoms with Gasteiger partial charge in [0.25, 0.3) is 0 Å². The molecule has 1 rings (SSSR count). The first-order valence-electron chi connectivity index (χ1n) is 2.69. The van der Waals surface area contributed by atoms with Crippen LogP contribution in [0.15, 0.2) is 11.6 Å². The van der Waals surface area contributed by atoms with Gasteiger partial charge in [-0.1, -0.05) is 0 Å². The van der Waals surface area contributed by atoms with E-state index >= 15 is 0 Å².